The summed E-state index contributed by atoms with van der Waals surface area (Å²) < 4.78 is 5.83. The molecule has 1 aliphatic heterocycles. The quantitative estimate of drug-likeness (QED) is 0.437. The number of nitrogens with zero attached hydrogens (tertiary/aromatic N) is 1. The van der Waals surface area contributed by atoms with Crippen LogP contribution in [0.4, 0.5) is 5.69 Å². The van der Waals surface area contributed by atoms with E-state index in [0.717, 1.165) is 5.57 Å². The van der Waals surface area contributed by atoms with Gasteiger partial charge in [-0.25, -0.2) is 4.90 Å². The van der Waals surface area contributed by atoms with Gasteiger partial charge in [-0.1, -0.05) is 48.0 Å². The van der Waals surface area contributed by atoms with Crippen molar-refractivity contribution in [2.24, 2.45) is 11.8 Å². The highest BCUT2D eigenvalue weighted by Crippen LogP contribution is 2.40. The smallest absolute Gasteiger partial charge is 0.238 e. The second-order valence-corrected chi connectivity index (χ2v) is 7.70. The zero-order chi connectivity index (χ0) is 20.5. The highest BCUT2D eigenvalue weighted by Gasteiger charge is 2.48. The van der Waals surface area contributed by atoms with Crippen molar-refractivity contribution in [2.75, 3.05) is 4.90 Å². The van der Waals surface area contributed by atoms with Crippen molar-refractivity contribution in [3.8, 4) is 5.75 Å². The molecule has 0 spiro atoms. The highest BCUT2D eigenvalue weighted by atomic mass is 16.5. The molecule has 2 amide bonds. The molecule has 0 bridgehead atoms. The number of allylic oxidation sites excluding steroid dienone is 2. The average Bonchev–Trinajstić information content (AvgIpc) is 2.98. The molecule has 2 aromatic rings. The summed E-state index contributed by atoms with van der Waals surface area (Å²) in [6, 6.07) is 15.8. The molecule has 5 nitrogen and oxygen atoms in total. The van der Waals surface area contributed by atoms with Crippen LogP contribution in [0.25, 0.3) is 0 Å². The molecule has 1 aliphatic carbocycles. The molecule has 4 rings (SSSR count). The van der Waals surface area contributed by atoms with E-state index in [2.05, 4.69) is 0 Å². The molecule has 3 atom stereocenters. The largest absolute Gasteiger partial charge is 0.482 e. The van der Waals surface area contributed by atoms with Crippen molar-refractivity contribution in [3.63, 3.8) is 0 Å². The molecule has 2 aromatic carbocycles. The number of carbonyl (C=O) groups is 3. The lowest BCUT2D eigenvalue weighted by Gasteiger charge is -2.19. The first-order valence-electron chi connectivity index (χ1n) is 9.85. The first-order valence-corrected chi connectivity index (χ1v) is 9.85. The fourth-order valence-electron chi connectivity index (χ4n) is 4.08. The van der Waals surface area contributed by atoms with Gasteiger partial charge in [0.05, 0.1) is 17.5 Å². The Balaban J connectivity index is 1.53. The molecule has 1 fully saturated rings. The average molecular weight is 389 g/mol. The normalized spacial score (nSPS) is 22.1. The third-order valence-electron chi connectivity index (χ3n) is 5.64. The van der Waals surface area contributed by atoms with E-state index < -0.39 is 6.10 Å². The molecular formula is C24H23NO4. The van der Waals surface area contributed by atoms with Crippen molar-refractivity contribution < 1.29 is 19.1 Å². The van der Waals surface area contributed by atoms with Crippen LogP contribution >= 0.6 is 0 Å². The van der Waals surface area contributed by atoms with E-state index in [9.17, 15) is 14.4 Å². The molecule has 0 N–H and O–H groups in total. The zero-order valence-electron chi connectivity index (χ0n) is 16.5. The van der Waals surface area contributed by atoms with E-state index in [1.807, 2.05) is 19.1 Å². The lowest BCUT2D eigenvalue weighted by atomic mass is 9.82. The second-order valence-electron chi connectivity index (χ2n) is 7.70. The number of ketones is 1. The monoisotopic (exact) mass is 389 g/mol. The number of rotatable bonds is 5. The van der Waals surface area contributed by atoms with Crippen LogP contribution in [0.15, 0.2) is 66.2 Å². The number of amides is 2. The van der Waals surface area contributed by atoms with Crippen LogP contribution in [-0.2, 0) is 9.59 Å². The fourth-order valence-corrected chi connectivity index (χ4v) is 4.08. The Morgan fingerprint density at radius 1 is 1.03 bits per heavy atom. The Labute approximate surface area is 170 Å². The predicted octanol–water partition coefficient (Wildman–Crippen LogP) is 4.18. The number of benzene rings is 2. The summed E-state index contributed by atoms with van der Waals surface area (Å²) in [7, 11) is 0. The van der Waals surface area contributed by atoms with Crippen LogP contribution in [0.2, 0.25) is 0 Å². The van der Waals surface area contributed by atoms with Gasteiger partial charge < -0.3 is 4.74 Å². The molecule has 29 heavy (non-hydrogen) atoms. The van der Waals surface area contributed by atoms with Gasteiger partial charge in [0.15, 0.2) is 6.10 Å². The van der Waals surface area contributed by atoms with Crippen LogP contribution in [0.5, 0.6) is 5.75 Å². The van der Waals surface area contributed by atoms with Crippen LogP contribution in [0.1, 0.15) is 37.0 Å². The van der Waals surface area contributed by atoms with Crippen LogP contribution in [-0.4, -0.2) is 23.7 Å². The third kappa shape index (κ3) is 3.60. The molecule has 0 aromatic heterocycles. The van der Waals surface area contributed by atoms with Crippen LogP contribution < -0.4 is 9.64 Å². The predicted molar refractivity (Wildman–Crippen MR) is 110 cm³/mol. The first-order chi connectivity index (χ1) is 14.0. The van der Waals surface area contributed by atoms with E-state index in [4.69, 9.17) is 4.74 Å². The van der Waals surface area contributed by atoms with Crippen molar-refractivity contribution in [1.82, 2.24) is 0 Å². The number of fused-ring (bicyclic) bond motifs is 1. The number of anilines is 1. The van der Waals surface area contributed by atoms with Gasteiger partial charge >= 0.3 is 0 Å². The summed E-state index contributed by atoms with van der Waals surface area (Å²) in [6.07, 6.45) is 2.60. The fraction of sp³-hybridized carbons (Fsp3) is 0.292. The molecule has 148 valence electrons. The number of ether oxygens (including phenoxy) is 1. The lowest BCUT2D eigenvalue weighted by molar-refractivity contribution is -0.122. The van der Waals surface area contributed by atoms with E-state index >= 15 is 0 Å². The first kappa shape index (κ1) is 19.1. The minimum atomic E-state index is -0.688. The molecule has 2 aliphatic rings. The summed E-state index contributed by atoms with van der Waals surface area (Å²) in [4.78, 5) is 39.6. The minimum absolute atomic E-state index is 0.128. The maximum absolute atomic E-state index is 12.9. The summed E-state index contributed by atoms with van der Waals surface area (Å²) in [5.41, 5.74) is 2.22. The van der Waals surface area contributed by atoms with E-state index in [1.165, 1.54) is 4.90 Å². The minimum Gasteiger partial charge on any atom is -0.482 e. The maximum Gasteiger partial charge on any atom is 0.238 e. The van der Waals surface area contributed by atoms with E-state index in [1.54, 1.807) is 55.5 Å². The van der Waals surface area contributed by atoms with Crippen molar-refractivity contribution in [2.45, 2.75) is 32.8 Å². The molecule has 0 unspecified atom stereocenters. The molecular weight excluding hydrogens is 366 g/mol. The topological polar surface area (TPSA) is 63.7 Å². The van der Waals surface area contributed by atoms with Gasteiger partial charge in [0, 0.05) is 11.6 Å². The van der Waals surface area contributed by atoms with Gasteiger partial charge in [-0.15, -0.1) is 0 Å². The van der Waals surface area contributed by atoms with Crippen molar-refractivity contribution in [1.29, 1.82) is 0 Å². The number of carbonyl (C=O) groups excluding carboxylic acids is 3. The Morgan fingerprint density at radius 3 is 2.52 bits per heavy atom. The van der Waals surface area contributed by atoms with Gasteiger partial charge in [0.1, 0.15) is 5.75 Å². The number of hydrogen-bond donors (Lipinski definition) is 0. The Hall–Kier alpha value is -3.21. The van der Waals surface area contributed by atoms with Gasteiger partial charge in [0.25, 0.3) is 0 Å². The van der Waals surface area contributed by atoms with Crippen LogP contribution in [0.3, 0.4) is 0 Å². The second kappa shape index (κ2) is 7.66. The van der Waals surface area contributed by atoms with Gasteiger partial charge in [0.2, 0.25) is 17.6 Å². The Morgan fingerprint density at radius 2 is 1.76 bits per heavy atom. The van der Waals surface area contributed by atoms with E-state index in [0.29, 0.717) is 29.8 Å². The lowest BCUT2D eigenvalue weighted by Crippen LogP contribution is -2.31. The van der Waals surface area contributed by atoms with Gasteiger partial charge in [-0.05, 0) is 38.8 Å². The SMILES string of the molecule is CC1=CC[C@@H]2C(=O)N(c3cccc(O[C@H](C)C(=O)c4ccccc4)c3)C(=O)[C@@H]2C1. The number of imide groups is 1. The summed E-state index contributed by atoms with van der Waals surface area (Å²) in [6.45, 7) is 3.69. The van der Waals surface area contributed by atoms with Crippen molar-refractivity contribution >= 4 is 23.3 Å². The highest BCUT2D eigenvalue weighted by molar-refractivity contribution is 6.22. The Bertz CT molecular complexity index is 995. The van der Waals surface area contributed by atoms with Crippen LogP contribution in [0, 0.1) is 11.8 Å². The van der Waals surface area contributed by atoms with Gasteiger partial charge in [-0.3, -0.25) is 14.4 Å². The molecule has 0 saturated carbocycles. The summed E-state index contributed by atoms with van der Waals surface area (Å²) in [5.74, 6) is -0.557. The molecule has 1 heterocycles. The standard InChI is InChI=1S/C24H23NO4/c1-15-11-12-20-21(13-15)24(28)25(23(20)27)18-9-6-10-19(14-18)29-16(2)22(26)17-7-4-3-5-8-17/h3-11,14,16,20-21H,12-13H2,1-2H3/t16-,20+,21-/m1/s1. The maximum atomic E-state index is 12.9. The molecule has 0 radical (unpaired) electrons. The summed E-state index contributed by atoms with van der Waals surface area (Å²) in [5, 5.41) is 0. The summed E-state index contributed by atoms with van der Waals surface area (Å²) >= 11 is 0. The van der Waals surface area contributed by atoms with E-state index in [-0.39, 0.29) is 29.4 Å². The Kier molecular flexibility index (Phi) is 5.05. The number of hydrogen-bond acceptors (Lipinski definition) is 4. The van der Waals surface area contributed by atoms with Gasteiger partial charge in [-0.2, -0.15) is 0 Å². The molecule has 1 saturated heterocycles. The third-order valence-corrected chi connectivity index (χ3v) is 5.64. The molecule has 5 heteroatoms. The van der Waals surface area contributed by atoms with Crippen molar-refractivity contribution in [3.05, 3.63) is 71.8 Å². The zero-order valence-corrected chi connectivity index (χ0v) is 16.5. The number of Topliss-reactive ketones (excluding diaryl/α,β-unsaturated/α-hetero) is 1.